The summed E-state index contributed by atoms with van der Waals surface area (Å²) in [5, 5.41) is 11.3. The summed E-state index contributed by atoms with van der Waals surface area (Å²) in [6, 6.07) is 2.05. The van der Waals surface area contributed by atoms with E-state index in [2.05, 4.69) is 34.7 Å². The Hall–Kier alpha value is -2.63. The molecule has 25 heavy (non-hydrogen) atoms. The molecule has 4 bridgehead atoms. The molecule has 0 aromatic carbocycles. The highest BCUT2D eigenvalue weighted by Gasteiger charge is 2.20. The van der Waals surface area contributed by atoms with Gasteiger partial charge in [0, 0.05) is 13.1 Å². The lowest BCUT2D eigenvalue weighted by molar-refractivity contribution is -0.123. The number of carbonyl (C=O) groups is 1. The monoisotopic (exact) mass is 337 g/mol. The van der Waals surface area contributed by atoms with Crippen molar-refractivity contribution in [1.82, 2.24) is 19.9 Å². The van der Waals surface area contributed by atoms with Crippen LogP contribution in [0.2, 0.25) is 0 Å². The van der Waals surface area contributed by atoms with E-state index in [1.54, 1.807) is 0 Å². The number of amides is 1. The standard InChI is InChI=1S/C19H23N5O/c1-13-10-17-22-12-16-14-6-5-7-15(11-14)19(25)21-9-4-2-3-8-20-18(13)23-24(16)17/h5-6,10-12,15H,2-4,7-9H2,1H3,(H,20,23)(H,21,25). The summed E-state index contributed by atoms with van der Waals surface area (Å²) in [6.07, 6.45) is 11.9. The minimum absolute atomic E-state index is 0.105. The van der Waals surface area contributed by atoms with Crippen molar-refractivity contribution in [3.05, 3.63) is 41.7 Å². The number of fused-ring (bicyclic) bond motifs is 3. The van der Waals surface area contributed by atoms with E-state index in [1.807, 2.05) is 22.9 Å². The fourth-order valence-electron chi connectivity index (χ4n) is 3.39. The number of aromatic nitrogens is 3. The summed E-state index contributed by atoms with van der Waals surface area (Å²) < 4.78 is 1.87. The third kappa shape index (κ3) is 3.16. The van der Waals surface area contributed by atoms with Crippen LogP contribution in [0.25, 0.3) is 11.2 Å². The second-order valence-corrected chi connectivity index (χ2v) is 6.73. The molecule has 6 heteroatoms. The Bertz CT molecular complexity index is 864. The number of carbonyl (C=O) groups excluding carboxylic acids is 1. The van der Waals surface area contributed by atoms with Crippen molar-refractivity contribution < 1.29 is 4.79 Å². The number of imidazole rings is 1. The first-order valence-electron chi connectivity index (χ1n) is 8.98. The van der Waals surface area contributed by atoms with Crippen molar-refractivity contribution in [3.8, 4) is 0 Å². The van der Waals surface area contributed by atoms with Gasteiger partial charge in [-0.2, -0.15) is 0 Å². The number of nitrogens with zero attached hydrogens (tertiary/aromatic N) is 3. The van der Waals surface area contributed by atoms with E-state index in [9.17, 15) is 4.79 Å². The number of hydrogen-bond acceptors (Lipinski definition) is 4. The van der Waals surface area contributed by atoms with Gasteiger partial charge in [0.1, 0.15) is 5.82 Å². The smallest absolute Gasteiger partial charge is 0.227 e. The molecule has 2 N–H and O–H groups in total. The molecule has 0 saturated carbocycles. The van der Waals surface area contributed by atoms with Gasteiger partial charge in [-0.15, -0.1) is 5.10 Å². The largest absolute Gasteiger partial charge is 0.368 e. The van der Waals surface area contributed by atoms with E-state index >= 15 is 0 Å². The molecule has 0 radical (unpaired) electrons. The molecule has 0 spiro atoms. The minimum Gasteiger partial charge on any atom is -0.368 e. The Morgan fingerprint density at radius 3 is 2.92 bits per heavy atom. The lowest BCUT2D eigenvalue weighted by atomic mass is 9.94. The van der Waals surface area contributed by atoms with E-state index in [0.717, 1.165) is 67.1 Å². The number of hydrogen-bond donors (Lipinski definition) is 2. The molecule has 130 valence electrons. The lowest BCUT2D eigenvalue weighted by Crippen LogP contribution is -2.31. The third-order valence-electron chi connectivity index (χ3n) is 4.83. The second-order valence-electron chi connectivity index (χ2n) is 6.73. The van der Waals surface area contributed by atoms with Crippen LogP contribution in [-0.2, 0) is 4.79 Å². The van der Waals surface area contributed by atoms with Gasteiger partial charge in [-0.1, -0.05) is 18.2 Å². The van der Waals surface area contributed by atoms with Gasteiger partial charge in [0.05, 0.1) is 17.8 Å². The highest BCUT2D eigenvalue weighted by Crippen LogP contribution is 2.26. The van der Waals surface area contributed by atoms with Crippen LogP contribution in [0.3, 0.4) is 0 Å². The molecule has 1 unspecified atom stereocenters. The van der Waals surface area contributed by atoms with Crippen molar-refractivity contribution in [2.24, 2.45) is 5.92 Å². The topological polar surface area (TPSA) is 71.3 Å². The molecule has 1 atom stereocenters. The lowest BCUT2D eigenvalue weighted by Gasteiger charge is -2.16. The first-order valence-corrected chi connectivity index (χ1v) is 8.98. The van der Waals surface area contributed by atoms with Crippen LogP contribution < -0.4 is 10.6 Å². The van der Waals surface area contributed by atoms with Crippen LogP contribution in [0.1, 0.15) is 36.9 Å². The van der Waals surface area contributed by atoms with Gasteiger partial charge < -0.3 is 10.6 Å². The normalized spacial score (nSPS) is 21.2. The number of anilines is 1. The van der Waals surface area contributed by atoms with Gasteiger partial charge in [-0.3, -0.25) is 4.79 Å². The number of rotatable bonds is 0. The number of nitrogens with one attached hydrogen (secondary N) is 2. The predicted molar refractivity (Wildman–Crippen MR) is 98.3 cm³/mol. The fourth-order valence-corrected chi connectivity index (χ4v) is 3.39. The van der Waals surface area contributed by atoms with Gasteiger partial charge in [-0.05, 0) is 49.8 Å². The Morgan fingerprint density at radius 2 is 2.04 bits per heavy atom. The van der Waals surface area contributed by atoms with Gasteiger partial charge >= 0.3 is 0 Å². The Labute approximate surface area is 147 Å². The SMILES string of the molecule is Cc1cc2ncc3n2nc1NCCCCCNC(=O)C1C=C3C=CC1. The average molecular weight is 337 g/mol. The summed E-state index contributed by atoms with van der Waals surface area (Å²) in [5.74, 6) is 0.875. The molecule has 0 saturated heterocycles. The molecule has 4 rings (SSSR count). The maximum atomic E-state index is 12.4. The van der Waals surface area contributed by atoms with E-state index in [1.165, 1.54) is 0 Å². The number of allylic oxidation sites excluding steroid dienone is 3. The molecule has 2 aromatic heterocycles. The van der Waals surface area contributed by atoms with E-state index in [-0.39, 0.29) is 11.8 Å². The molecule has 1 aliphatic heterocycles. The van der Waals surface area contributed by atoms with Gasteiger partial charge in [0.15, 0.2) is 5.65 Å². The number of aryl methyl sites for hydroxylation is 1. The Balaban J connectivity index is 1.79. The summed E-state index contributed by atoms with van der Waals surface area (Å²) >= 11 is 0. The van der Waals surface area contributed by atoms with Gasteiger partial charge in [0.25, 0.3) is 0 Å². The first-order chi connectivity index (χ1) is 12.2. The molecule has 6 nitrogen and oxygen atoms in total. The van der Waals surface area contributed by atoms with Crippen LogP contribution in [0.5, 0.6) is 0 Å². The average Bonchev–Trinajstić information content (AvgIpc) is 3.02. The quantitative estimate of drug-likeness (QED) is 0.775. The maximum Gasteiger partial charge on any atom is 0.227 e. The highest BCUT2D eigenvalue weighted by atomic mass is 16.1. The highest BCUT2D eigenvalue weighted by molar-refractivity contribution is 5.86. The fraction of sp³-hybridized carbons (Fsp3) is 0.421. The molecule has 3 heterocycles. The molecule has 1 amide bonds. The van der Waals surface area contributed by atoms with Gasteiger partial charge in [0.2, 0.25) is 5.91 Å². The molecule has 0 fully saturated rings. The van der Waals surface area contributed by atoms with Crippen LogP contribution >= 0.6 is 0 Å². The molecular formula is C19H23N5O. The zero-order valence-electron chi connectivity index (χ0n) is 14.5. The predicted octanol–water partition coefficient (Wildman–Crippen LogP) is 2.71. The summed E-state index contributed by atoms with van der Waals surface area (Å²) in [7, 11) is 0. The minimum atomic E-state index is -0.126. The zero-order valence-corrected chi connectivity index (χ0v) is 14.5. The summed E-state index contributed by atoms with van der Waals surface area (Å²) in [6.45, 7) is 3.67. The van der Waals surface area contributed by atoms with Gasteiger partial charge in [-0.25, -0.2) is 9.50 Å². The van der Waals surface area contributed by atoms with Crippen molar-refractivity contribution in [1.29, 1.82) is 0 Å². The molecule has 2 aromatic rings. The molecular weight excluding hydrogens is 314 g/mol. The first kappa shape index (κ1) is 15.9. The van der Waals surface area contributed by atoms with Crippen LogP contribution in [0.4, 0.5) is 5.82 Å². The van der Waals surface area contributed by atoms with Crippen molar-refractivity contribution >= 4 is 22.9 Å². The van der Waals surface area contributed by atoms with E-state index in [0.29, 0.717) is 0 Å². The van der Waals surface area contributed by atoms with Crippen molar-refractivity contribution in [3.63, 3.8) is 0 Å². The third-order valence-corrected chi connectivity index (χ3v) is 4.83. The van der Waals surface area contributed by atoms with E-state index in [4.69, 9.17) is 5.10 Å². The summed E-state index contributed by atoms with van der Waals surface area (Å²) in [5.41, 5.74) is 3.83. The Morgan fingerprint density at radius 1 is 1.20 bits per heavy atom. The van der Waals surface area contributed by atoms with Crippen LogP contribution in [0, 0.1) is 12.8 Å². The Kier molecular flexibility index (Phi) is 4.26. The van der Waals surface area contributed by atoms with Crippen LogP contribution in [-0.4, -0.2) is 33.6 Å². The summed E-state index contributed by atoms with van der Waals surface area (Å²) in [4.78, 5) is 16.9. The zero-order chi connectivity index (χ0) is 17.2. The van der Waals surface area contributed by atoms with Crippen molar-refractivity contribution in [2.45, 2.75) is 32.6 Å². The molecule has 2 aliphatic rings. The van der Waals surface area contributed by atoms with E-state index < -0.39 is 0 Å². The second kappa shape index (κ2) is 6.70. The van der Waals surface area contributed by atoms with Crippen molar-refractivity contribution in [2.75, 3.05) is 18.4 Å². The molecule has 1 aliphatic carbocycles. The maximum absolute atomic E-state index is 12.4. The van der Waals surface area contributed by atoms with Crippen LogP contribution in [0.15, 0.2) is 30.5 Å².